The van der Waals surface area contributed by atoms with Crippen LogP contribution < -0.4 is 0 Å². The second-order valence-electron chi connectivity index (χ2n) is 4.30. The molecule has 8 heteroatoms. The van der Waals surface area contributed by atoms with Crippen molar-refractivity contribution in [2.24, 2.45) is 0 Å². The quantitative estimate of drug-likeness (QED) is 0.441. The van der Waals surface area contributed by atoms with Crippen LogP contribution in [0.15, 0.2) is 29.2 Å². The summed E-state index contributed by atoms with van der Waals surface area (Å²) in [6, 6.07) is 6.31. The Labute approximate surface area is 130 Å². The summed E-state index contributed by atoms with van der Waals surface area (Å²) >= 11 is 0. The Balaban J connectivity index is 2.28. The summed E-state index contributed by atoms with van der Waals surface area (Å²) in [5.74, 6) is 0. The van der Waals surface area contributed by atoms with Crippen LogP contribution in [0.4, 0.5) is 0 Å². The van der Waals surface area contributed by atoms with Crippen molar-refractivity contribution in [2.45, 2.75) is 11.5 Å². The topological polar surface area (TPSA) is 91.3 Å². The smallest absolute Gasteiger partial charge is 0.297 e. The molecule has 0 aromatic heterocycles. The molecular weight excluding hydrogens is 312 g/mol. The van der Waals surface area contributed by atoms with Crippen molar-refractivity contribution in [3.05, 3.63) is 29.8 Å². The lowest BCUT2D eigenvalue weighted by Crippen LogP contribution is -2.14. The van der Waals surface area contributed by atoms with Crippen LogP contribution in [-0.2, 0) is 35.1 Å². The van der Waals surface area contributed by atoms with Crippen LogP contribution in [0.2, 0.25) is 0 Å². The molecule has 0 saturated carbocycles. The minimum absolute atomic E-state index is 0.0372. The van der Waals surface area contributed by atoms with Crippen molar-refractivity contribution < 1.29 is 31.9 Å². The fraction of sp³-hybridized carbons (Fsp3) is 0.571. The predicted octanol–water partition coefficient (Wildman–Crippen LogP) is 0.564. The third kappa shape index (κ3) is 7.30. The molecule has 126 valence electrons. The van der Waals surface area contributed by atoms with E-state index >= 15 is 0 Å². The highest BCUT2D eigenvalue weighted by Crippen LogP contribution is 2.13. The summed E-state index contributed by atoms with van der Waals surface area (Å²) in [7, 11) is -2.21. The minimum atomic E-state index is -3.78. The van der Waals surface area contributed by atoms with Gasteiger partial charge in [0.2, 0.25) is 0 Å². The number of aliphatic hydroxyl groups excluding tert-OH is 1. The van der Waals surface area contributed by atoms with E-state index in [0.29, 0.717) is 19.8 Å². The summed E-state index contributed by atoms with van der Waals surface area (Å²) in [6.45, 7) is 1.38. The van der Waals surface area contributed by atoms with E-state index in [1.165, 1.54) is 12.1 Å². The fourth-order valence-corrected chi connectivity index (χ4v) is 2.47. The van der Waals surface area contributed by atoms with E-state index in [2.05, 4.69) is 0 Å². The van der Waals surface area contributed by atoms with Crippen LogP contribution >= 0.6 is 0 Å². The highest BCUT2D eigenvalue weighted by Gasteiger charge is 2.14. The average molecular weight is 334 g/mol. The van der Waals surface area contributed by atoms with E-state index in [-0.39, 0.29) is 31.3 Å². The molecule has 0 bridgehead atoms. The van der Waals surface area contributed by atoms with E-state index in [0.717, 1.165) is 5.56 Å². The normalized spacial score (nSPS) is 11.7. The van der Waals surface area contributed by atoms with Gasteiger partial charge in [0, 0.05) is 7.11 Å². The van der Waals surface area contributed by atoms with Gasteiger partial charge in [0.05, 0.1) is 51.1 Å². The largest absolute Gasteiger partial charge is 0.394 e. The van der Waals surface area contributed by atoms with Crippen LogP contribution in [0.3, 0.4) is 0 Å². The van der Waals surface area contributed by atoms with Crippen molar-refractivity contribution in [1.29, 1.82) is 0 Å². The minimum Gasteiger partial charge on any atom is -0.394 e. The molecule has 0 atom stereocenters. The van der Waals surface area contributed by atoms with Crippen LogP contribution in [0.25, 0.3) is 0 Å². The molecular formula is C14H22O7S. The number of aliphatic hydroxyl groups is 1. The molecule has 1 N–H and O–H groups in total. The number of methoxy groups -OCH3 is 1. The Bertz CT molecular complexity index is 498. The monoisotopic (exact) mass is 334 g/mol. The summed E-state index contributed by atoms with van der Waals surface area (Å²) in [6.07, 6.45) is 0. The first-order valence-corrected chi connectivity index (χ1v) is 8.24. The van der Waals surface area contributed by atoms with E-state index < -0.39 is 10.1 Å². The Morgan fingerprint density at radius 2 is 1.55 bits per heavy atom. The first-order chi connectivity index (χ1) is 10.6. The molecule has 7 nitrogen and oxygen atoms in total. The van der Waals surface area contributed by atoms with Crippen LogP contribution in [0.5, 0.6) is 0 Å². The van der Waals surface area contributed by atoms with Crippen molar-refractivity contribution in [2.75, 3.05) is 46.8 Å². The lowest BCUT2D eigenvalue weighted by atomic mass is 10.2. The van der Waals surface area contributed by atoms with Gasteiger partial charge in [-0.25, -0.2) is 0 Å². The zero-order valence-corrected chi connectivity index (χ0v) is 13.4. The molecule has 0 saturated heterocycles. The van der Waals surface area contributed by atoms with Gasteiger partial charge in [-0.05, 0) is 17.7 Å². The zero-order chi connectivity index (χ0) is 16.3. The van der Waals surface area contributed by atoms with Crippen molar-refractivity contribution >= 4 is 10.1 Å². The van der Waals surface area contributed by atoms with Crippen LogP contribution in [0.1, 0.15) is 5.56 Å². The van der Waals surface area contributed by atoms with E-state index in [9.17, 15) is 8.42 Å². The van der Waals surface area contributed by atoms with Crippen molar-refractivity contribution in [3.63, 3.8) is 0 Å². The molecule has 1 rings (SSSR count). The molecule has 0 fully saturated rings. The lowest BCUT2D eigenvalue weighted by molar-refractivity contribution is 0.0252. The standard InChI is InChI=1S/C14H22O7S/c1-18-12-13-2-4-14(5-3-13)22(16,17)21-11-10-20-9-8-19-7-6-15/h2-5,15H,6-12H2,1H3. The number of hydrogen-bond donors (Lipinski definition) is 1. The predicted molar refractivity (Wildman–Crippen MR) is 79.0 cm³/mol. The molecule has 22 heavy (non-hydrogen) atoms. The van der Waals surface area contributed by atoms with Crippen molar-refractivity contribution in [1.82, 2.24) is 0 Å². The molecule has 0 aliphatic rings. The van der Waals surface area contributed by atoms with Gasteiger partial charge in [-0.15, -0.1) is 0 Å². The van der Waals surface area contributed by atoms with Gasteiger partial charge in [-0.1, -0.05) is 12.1 Å². The molecule has 1 aromatic rings. The molecule has 0 radical (unpaired) electrons. The molecule has 0 aliphatic carbocycles. The molecule has 0 heterocycles. The second-order valence-corrected chi connectivity index (χ2v) is 5.92. The van der Waals surface area contributed by atoms with Gasteiger partial charge < -0.3 is 19.3 Å². The molecule has 0 spiro atoms. The number of benzene rings is 1. The van der Waals surface area contributed by atoms with Gasteiger partial charge in [0.25, 0.3) is 10.1 Å². The lowest BCUT2D eigenvalue weighted by Gasteiger charge is -2.07. The van der Waals surface area contributed by atoms with E-state index in [1.807, 2.05) is 0 Å². The molecule has 0 amide bonds. The molecule has 1 aromatic carbocycles. The summed E-state index contributed by atoms with van der Waals surface area (Å²) in [4.78, 5) is 0.0960. The summed E-state index contributed by atoms with van der Waals surface area (Å²) < 4.78 is 43.8. The van der Waals surface area contributed by atoms with Gasteiger partial charge in [0.15, 0.2) is 0 Å². The van der Waals surface area contributed by atoms with E-state index in [1.54, 1.807) is 19.2 Å². The van der Waals surface area contributed by atoms with Gasteiger partial charge in [-0.2, -0.15) is 8.42 Å². The highest BCUT2D eigenvalue weighted by atomic mass is 32.2. The molecule has 0 aliphatic heterocycles. The first-order valence-electron chi connectivity index (χ1n) is 6.84. The van der Waals surface area contributed by atoms with Gasteiger partial charge in [-0.3, -0.25) is 4.18 Å². The maximum atomic E-state index is 11.9. The third-order valence-corrected chi connectivity index (χ3v) is 3.92. The second kappa shape index (κ2) is 10.7. The Hall–Kier alpha value is -1.03. The fourth-order valence-electron chi connectivity index (χ4n) is 1.58. The maximum absolute atomic E-state index is 11.9. The Morgan fingerprint density at radius 1 is 0.955 bits per heavy atom. The number of hydrogen-bond acceptors (Lipinski definition) is 7. The van der Waals surface area contributed by atoms with Crippen molar-refractivity contribution in [3.8, 4) is 0 Å². The average Bonchev–Trinajstić information content (AvgIpc) is 2.51. The molecule has 0 unspecified atom stereocenters. The number of ether oxygens (including phenoxy) is 3. The summed E-state index contributed by atoms with van der Waals surface area (Å²) in [5.41, 5.74) is 0.882. The Morgan fingerprint density at radius 3 is 2.14 bits per heavy atom. The SMILES string of the molecule is COCc1ccc(S(=O)(=O)OCCOCCOCCO)cc1. The van der Waals surface area contributed by atoms with E-state index in [4.69, 9.17) is 23.5 Å². The first kappa shape index (κ1) is 19.0. The maximum Gasteiger partial charge on any atom is 0.297 e. The Kier molecular flexibility index (Phi) is 9.21. The van der Waals surface area contributed by atoms with Gasteiger partial charge >= 0.3 is 0 Å². The zero-order valence-electron chi connectivity index (χ0n) is 12.6. The van der Waals surface area contributed by atoms with Crippen LogP contribution in [0, 0.1) is 0 Å². The third-order valence-electron chi connectivity index (χ3n) is 2.60. The van der Waals surface area contributed by atoms with Crippen LogP contribution in [-0.4, -0.2) is 60.3 Å². The summed E-state index contributed by atoms with van der Waals surface area (Å²) in [5, 5.41) is 8.49. The number of rotatable bonds is 12. The highest BCUT2D eigenvalue weighted by molar-refractivity contribution is 7.86. The van der Waals surface area contributed by atoms with Gasteiger partial charge in [0.1, 0.15) is 0 Å².